The molecule has 1 amide bonds. The third kappa shape index (κ3) is 2.66. The fraction of sp³-hybridized carbons (Fsp3) is 0.133. The average Bonchev–Trinajstić information content (AvgIpc) is 2.44. The molecule has 0 aliphatic rings. The van der Waals surface area contributed by atoms with Gasteiger partial charge in [-0.05, 0) is 31.2 Å². The molecule has 0 aliphatic heterocycles. The van der Waals surface area contributed by atoms with Gasteiger partial charge in [0.2, 0.25) is 0 Å². The Kier molecular flexibility index (Phi) is 3.79. The SMILES string of the molecule is COc1ccc(N)c(NC(=O)c2cccc(O)c2C)c1. The van der Waals surface area contributed by atoms with E-state index in [2.05, 4.69) is 5.32 Å². The third-order valence-corrected chi connectivity index (χ3v) is 3.06. The second-order valence-electron chi connectivity index (χ2n) is 4.36. The number of rotatable bonds is 3. The Labute approximate surface area is 117 Å². The van der Waals surface area contributed by atoms with Crippen molar-refractivity contribution in [3.63, 3.8) is 0 Å². The fourth-order valence-electron chi connectivity index (χ4n) is 1.83. The molecule has 0 spiro atoms. The smallest absolute Gasteiger partial charge is 0.256 e. The van der Waals surface area contributed by atoms with Gasteiger partial charge in [0.25, 0.3) is 5.91 Å². The number of ether oxygens (including phenoxy) is 1. The highest BCUT2D eigenvalue weighted by Gasteiger charge is 2.13. The van der Waals surface area contributed by atoms with Gasteiger partial charge in [0.1, 0.15) is 11.5 Å². The predicted octanol–water partition coefficient (Wildman–Crippen LogP) is 2.54. The van der Waals surface area contributed by atoms with Crippen LogP contribution in [0.3, 0.4) is 0 Å². The Morgan fingerprint density at radius 2 is 2.05 bits per heavy atom. The van der Waals surface area contributed by atoms with E-state index in [4.69, 9.17) is 10.5 Å². The molecule has 104 valence electrons. The van der Waals surface area contributed by atoms with Crippen molar-refractivity contribution in [2.75, 3.05) is 18.2 Å². The molecule has 0 aliphatic carbocycles. The van der Waals surface area contributed by atoms with Crippen LogP contribution in [-0.2, 0) is 0 Å². The molecule has 0 atom stereocenters. The minimum atomic E-state index is -0.335. The Hall–Kier alpha value is -2.69. The van der Waals surface area contributed by atoms with Crippen LogP contribution in [0.4, 0.5) is 11.4 Å². The molecule has 20 heavy (non-hydrogen) atoms. The first kappa shape index (κ1) is 13.7. The number of anilines is 2. The van der Waals surface area contributed by atoms with Gasteiger partial charge in [0.15, 0.2) is 0 Å². The lowest BCUT2D eigenvalue weighted by Gasteiger charge is -2.11. The van der Waals surface area contributed by atoms with E-state index in [1.54, 1.807) is 37.3 Å². The molecule has 0 heterocycles. The molecule has 2 rings (SSSR count). The summed E-state index contributed by atoms with van der Waals surface area (Å²) >= 11 is 0. The molecule has 0 saturated heterocycles. The lowest BCUT2D eigenvalue weighted by Crippen LogP contribution is -2.14. The molecule has 2 aromatic rings. The van der Waals surface area contributed by atoms with Gasteiger partial charge >= 0.3 is 0 Å². The van der Waals surface area contributed by atoms with E-state index in [0.717, 1.165) is 0 Å². The van der Waals surface area contributed by atoms with Gasteiger partial charge in [0, 0.05) is 17.2 Å². The summed E-state index contributed by atoms with van der Waals surface area (Å²) in [6.07, 6.45) is 0. The van der Waals surface area contributed by atoms with Crippen molar-refractivity contribution < 1.29 is 14.6 Å². The van der Waals surface area contributed by atoms with Crippen molar-refractivity contribution in [1.29, 1.82) is 0 Å². The largest absolute Gasteiger partial charge is 0.508 e. The number of amides is 1. The molecule has 2 aromatic carbocycles. The van der Waals surface area contributed by atoms with Crippen molar-refractivity contribution in [2.24, 2.45) is 0 Å². The van der Waals surface area contributed by atoms with Gasteiger partial charge in [-0.3, -0.25) is 4.79 Å². The Balaban J connectivity index is 2.30. The van der Waals surface area contributed by atoms with E-state index < -0.39 is 0 Å². The number of carbonyl (C=O) groups excluding carboxylic acids is 1. The second-order valence-corrected chi connectivity index (χ2v) is 4.36. The van der Waals surface area contributed by atoms with Crippen LogP contribution >= 0.6 is 0 Å². The summed E-state index contributed by atoms with van der Waals surface area (Å²) in [6, 6.07) is 9.80. The van der Waals surface area contributed by atoms with E-state index in [1.807, 2.05) is 0 Å². The quantitative estimate of drug-likeness (QED) is 0.750. The lowest BCUT2D eigenvalue weighted by molar-refractivity contribution is 0.102. The zero-order valence-corrected chi connectivity index (χ0v) is 11.3. The topological polar surface area (TPSA) is 84.6 Å². The van der Waals surface area contributed by atoms with Crippen LogP contribution in [-0.4, -0.2) is 18.1 Å². The van der Waals surface area contributed by atoms with E-state index in [-0.39, 0.29) is 11.7 Å². The number of phenols is 1. The van der Waals surface area contributed by atoms with Gasteiger partial charge < -0.3 is 20.9 Å². The number of aromatic hydroxyl groups is 1. The first-order chi connectivity index (χ1) is 9.52. The van der Waals surface area contributed by atoms with Crippen LogP contribution in [0.25, 0.3) is 0 Å². The van der Waals surface area contributed by atoms with E-state index in [1.165, 1.54) is 13.2 Å². The first-order valence-electron chi connectivity index (χ1n) is 6.06. The molecule has 0 saturated carbocycles. The maximum absolute atomic E-state index is 12.2. The number of nitrogen functional groups attached to an aromatic ring is 1. The highest BCUT2D eigenvalue weighted by Crippen LogP contribution is 2.26. The van der Waals surface area contributed by atoms with E-state index in [0.29, 0.717) is 28.3 Å². The minimum absolute atomic E-state index is 0.0799. The number of benzene rings is 2. The van der Waals surface area contributed by atoms with E-state index >= 15 is 0 Å². The van der Waals surface area contributed by atoms with Crippen molar-refractivity contribution in [3.8, 4) is 11.5 Å². The van der Waals surface area contributed by atoms with E-state index in [9.17, 15) is 9.90 Å². The Bertz CT molecular complexity index is 654. The summed E-state index contributed by atoms with van der Waals surface area (Å²) in [5, 5.41) is 12.3. The molecule has 0 radical (unpaired) electrons. The summed E-state index contributed by atoms with van der Waals surface area (Å²) < 4.78 is 5.09. The third-order valence-electron chi connectivity index (χ3n) is 3.06. The molecular weight excluding hydrogens is 256 g/mol. The minimum Gasteiger partial charge on any atom is -0.508 e. The van der Waals surface area contributed by atoms with Crippen LogP contribution in [0.5, 0.6) is 11.5 Å². The van der Waals surface area contributed by atoms with Gasteiger partial charge in [-0.2, -0.15) is 0 Å². The molecule has 4 N–H and O–H groups in total. The lowest BCUT2D eigenvalue weighted by atomic mass is 10.1. The van der Waals surface area contributed by atoms with Gasteiger partial charge in [-0.25, -0.2) is 0 Å². The van der Waals surface area contributed by atoms with Crippen LogP contribution in [0, 0.1) is 6.92 Å². The molecule has 0 fully saturated rings. The first-order valence-corrected chi connectivity index (χ1v) is 6.06. The van der Waals surface area contributed by atoms with Crippen LogP contribution in [0.2, 0.25) is 0 Å². The van der Waals surface area contributed by atoms with Crippen molar-refractivity contribution in [1.82, 2.24) is 0 Å². The number of methoxy groups -OCH3 is 1. The highest BCUT2D eigenvalue weighted by molar-refractivity contribution is 6.07. The highest BCUT2D eigenvalue weighted by atomic mass is 16.5. The fourth-order valence-corrected chi connectivity index (χ4v) is 1.83. The van der Waals surface area contributed by atoms with Crippen molar-refractivity contribution in [2.45, 2.75) is 6.92 Å². The summed E-state index contributed by atoms with van der Waals surface area (Å²) in [6.45, 7) is 1.68. The van der Waals surface area contributed by atoms with Crippen molar-refractivity contribution in [3.05, 3.63) is 47.5 Å². The van der Waals surface area contributed by atoms with Gasteiger partial charge in [-0.1, -0.05) is 6.07 Å². The summed E-state index contributed by atoms with van der Waals surface area (Å²) in [5.74, 6) is 0.344. The standard InChI is InChI=1S/C15H16N2O3/c1-9-11(4-3-5-14(9)18)15(19)17-13-8-10(20-2)6-7-12(13)16/h3-8,18H,16H2,1-2H3,(H,17,19). The van der Waals surface area contributed by atoms with Gasteiger partial charge in [0.05, 0.1) is 18.5 Å². The predicted molar refractivity (Wildman–Crippen MR) is 78.2 cm³/mol. The van der Waals surface area contributed by atoms with Crippen molar-refractivity contribution >= 4 is 17.3 Å². The zero-order chi connectivity index (χ0) is 14.7. The number of phenolic OH excluding ortho intramolecular Hbond substituents is 1. The number of nitrogens with one attached hydrogen (secondary N) is 1. The Morgan fingerprint density at radius 3 is 2.75 bits per heavy atom. The number of hydrogen-bond donors (Lipinski definition) is 3. The van der Waals surface area contributed by atoms with Gasteiger partial charge in [-0.15, -0.1) is 0 Å². The second kappa shape index (κ2) is 5.52. The molecule has 5 nitrogen and oxygen atoms in total. The van der Waals surface area contributed by atoms with Crippen LogP contribution in [0.1, 0.15) is 15.9 Å². The molecular formula is C15H16N2O3. The summed E-state index contributed by atoms with van der Waals surface area (Å²) in [7, 11) is 1.54. The van der Waals surface area contributed by atoms with Crippen LogP contribution < -0.4 is 15.8 Å². The summed E-state index contributed by atoms with van der Waals surface area (Å²) in [4.78, 5) is 12.2. The van der Waals surface area contributed by atoms with Crippen LogP contribution in [0.15, 0.2) is 36.4 Å². The maximum atomic E-state index is 12.2. The Morgan fingerprint density at radius 1 is 1.30 bits per heavy atom. The normalized spacial score (nSPS) is 10.1. The monoisotopic (exact) mass is 272 g/mol. The summed E-state index contributed by atoms with van der Waals surface area (Å²) in [5.41, 5.74) is 7.65. The maximum Gasteiger partial charge on any atom is 0.256 e. The number of hydrogen-bond acceptors (Lipinski definition) is 4. The molecule has 0 unspecified atom stereocenters. The number of nitrogens with two attached hydrogens (primary N) is 1. The molecule has 0 aromatic heterocycles. The zero-order valence-electron chi connectivity index (χ0n) is 11.3. The molecule has 5 heteroatoms. The number of carbonyl (C=O) groups is 1. The average molecular weight is 272 g/mol. The molecule has 0 bridgehead atoms.